The molecule has 2 rings (SSSR count). The molecule has 0 aliphatic carbocycles. The minimum atomic E-state index is -0.114. The van der Waals surface area contributed by atoms with Crippen LogP contribution in [0.3, 0.4) is 0 Å². The van der Waals surface area contributed by atoms with Crippen LogP contribution in [0.1, 0.15) is 31.0 Å². The first-order valence-electron chi connectivity index (χ1n) is 8.17. The molecule has 5 heteroatoms. The molecule has 0 heterocycles. The number of carbonyl (C=O) groups excluding carboxylic acids is 2. The number of amides is 2. The number of ether oxygens (including phenoxy) is 1. The maximum absolute atomic E-state index is 12.5. The fourth-order valence-corrected chi connectivity index (χ4v) is 2.53. The first kappa shape index (κ1) is 18.5. The van der Waals surface area contributed by atoms with E-state index in [9.17, 15) is 9.59 Å². The van der Waals surface area contributed by atoms with Gasteiger partial charge >= 0.3 is 0 Å². The number of anilines is 1. The van der Waals surface area contributed by atoms with Crippen LogP contribution in [0.5, 0.6) is 5.75 Å². The number of methoxy groups -OCH3 is 1. The lowest BCUT2D eigenvalue weighted by atomic mass is 10.1. The van der Waals surface area contributed by atoms with Crippen LogP contribution in [-0.2, 0) is 16.0 Å². The molecule has 1 N–H and O–H groups in total. The van der Waals surface area contributed by atoms with Crippen LogP contribution in [0.2, 0.25) is 0 Å². The molecule has 0 saturated carbocycles. The van der Waals surface area contributed by atoms with Crippen LogP contribution < -0.4 is 10.1 Å². The number of hydrogen-bond acceptors (Lipinski definition) is 3. The summed E-state index contributed by atoms with van der Waals surface area (Å²) in [5.74, 6) is 0.719. The van der Waals surface area contributed by atoms with Gasteiger partial charge in [-0.2, -0.15) is 0 Å². The van der Waals surface area contributed by atoms with E-state index in [1.54, 1.807) is 24.1 Å². The average Bonchev–Trinajstić information content (AvgIpc) is 2.61. The van der Waals surface area contributed by atoms with Crippen LogP contribution in [0.25, 0.3) is 0 Å². The zero-order chi connectivity index (χ0) is 18.4. The molecule has 5 nitrogen and oxygen atoms in total. The highest BCUT2D eigenvalue weighted by atomic mass is 16.5. The third-order valence-electron chi connectivity index (χ3n) is 4.20. The van der Waals surface area contributed by atoms with Crippen LogP contribution in [0, 0.1) is 0 Å². The lowest BCUT2D eigenvalue weighted by molar-refractivity contribution is -0.131. The predicted octanol–water partition coefficient (Wildman–Crippen LogP) is 3.42. The van der Waals surface area contributed by atoms with Crippen molar-refractivity contribution in [3.05, 3.63) is 59.7 Å². The van der Waals surface area contributed by atoms with E-state index < -0.39 is 0 Å². The van der Waals surface area contributed by atoms with Crippen LogP contribution in [0.15, 0.2) is 48.5 Å². The Morgan fingerprint density at radius 2 is 1.68 bits per heavy atom. The number of benzene rings is 2. The van der Waals surface area contributed by atoms with Crippen molar-refractivity contribution in [2.45, 2.75) is 26.3 Å². The Labute approximate surface area is 148 Å². The van der Waals surface area contributed by atoms with Gasteiger partial charge in [-0.25, -0.2) is 0 Å². The molecule has 0 aliphatic rings. The minimum absolute atomic E-state index is 0.0305. The van der Waals surface area contributed by atoms with Crippen molar-refractivity contribution in [2.75, 3.05) is 19.5 Å². The van der Waals surface area contributed by atoms with E-state index in [1.807, 2.05) is 50.4 Å². The Kier molecular flexibility index (Phi) is 6.17. The lowest BCUT2D eigenvalue weighted by Gasteiger charge is -2.25. The Morgan fingerprint density at radius 1 is 1.08 bits per heavy atom. The number of carbonyl (C=O) groups is 2. The predicted molar refractivity (Wildman–Crippen MR) is 98.6 cm³/mol. The van der Waals surface area contributed by atoms with E-state index in [1.165, 1.54) is 6.92 Å². The lowest BCUT2D eigenvalue weighted by Crippen LogP contribution is -2.30. The Hall–Kier alpha value is -2.82. The minimum Gasteiger partial charge on any atom is -0.497 e. The van der Waals surface area contributed by atoms with E-state index in [4.69, 9.17) is 4.74 Å². The molecule has 1 unspecified atom stereocenters. The number of hydrogen-bond donors (Lipinski definition) is 1. The molecule has 0 bridgehead atoms. The fraction of sp³-hybridized carbons (Fsp3) is 0.300. The Bertz CT molecular complexity index is 724. The standard InChI is InChI=1S/C20H24N2O3/c1-14(17-7-11-19(25-4)12-8-17)22(3)20(24)13-16-5-9-18(10-6-16)21-15(2)23/h5-12,14H,13H2,1-4H3,(H,21,23). The molecule has 2 aromatic carbocycles. The Balaban J connectivity index is 1.99. The SMILES string of the molecule is COc1ccc(C(C)N(C)C(=O)Cc2ccc(NC(C)=O)cc2)cc1. The van der Waals surface area contributed by atoms with Crippen molar-refractivity contribution in [1.29, 1.82) is 0 Å². The summed E-state index contributed by atoms with van der Waals surface area (Å²) in [5, 5.41) is 2.71. The molecular formula is C20H24N2O3. The van der Waals surface area contributed by atoms with Crippen molar-refractivity contribution < 1.29 is 14.3 Å². The first-order chi connectivity index (χ1) is 11.9. The van der Waals surface area contributed by atoms with E-state index in [-0.39, 0.29) is 17.9 Å². The molecule has 0 fully saturated rings. The smallest absolute Gasteiger partial charge is 0.227 e. The van der Waals surface area contributed by atoms with Gasteiger partial charge in [0.1, 0.15) is 5.75 Å². The van der Waals surface area contributed by atoms with Gasteiger partial charge in [-0.05, 0) is 42.3 Å². The number of nitrogens with one attached hydrogen (secondary N) is 1. The third kappa shape index (κ3) is 5.08. The molecular weight excluding hydrogens is 316 g/mol. The average molecular weight is 340 g/mol. The maximum Gasteiger partial charge on any atom is 0.227 e. The van der Waals surface area contributed by atoms with Gasteiger partial charge in [0.25, 0.3) is 0 Å². The first-order valence-corrected chi connectivity index (χ1v) is 8.17. The monoisotopic (exact) mass is 340 g/mol. The topological polar surface area (TPSA) is 58.6 Å². The second-order valence-electron chi connectivity index (χ2n) is 6.01. The molecule has 1 atom stereocenters. The van der Waals surface area contributed by atoms with Crippen LogP contribution in [0.4, 0.5) is 5.69 Å². The van der Waals surface area contributed by atoms with Gasteiger partial charge in [-0.3, -0.25) is 9.59 Å². The second-order valence-corrected chi connectivity index (χ2v) is 6.01. The maximum atomic E-state index is 12.5. The van der Waals surface area contributed by atoms with Crippen molar-refractivity contribution in [3.8, 4) is 5.75 Å². The van der Waals surface area contributed by atoms with Gasteiger partial charge in [-0.1, -0.05) is 24.3 Å². The summed E-state index contributed by atoms with van der Waals surface area (Å²) in [6, 6.07) is 15.0. The largest absolute Gasteiger partial charge is 0.497 e. The molecule has 25 heavy (non-hydrogen) atoms. The molecule has 0 spiro atoms. The van der Waals surface area contributed by atoms with E-state index in [0.29, 0.717) is 6.42 Å². The molecule has 0 saturated heterocycles. The van der Waals surface area contributed by atoms with Crippen LogP contribution in [-0.4, -0.2) is 30.9 Å². The number of likely N-dealkylation sites (N-methyl/N-ethyl adjacent to an activating group) is 1. The number of rotatable bonds is 6. The van der Waals surface area contributed by atoms with Crippen molar-refractivity contribution in [1.82, 2.24) is 4.90 Å². The van der Waals surface area contributed by atoms with Crippen LogP contribution >= 0.6 is 0 Å². The fourth-order valence-electron chi connectivity index (χ4n) is 2.53. The highest BCUT2D eigenvalue weighted by Crippen LogP contribution is 2.22. The summed E-state index contributed by atoms with van der Waals surface area (Å²) in [6.45, 7) is 3.46. The normalized spacial score (nSPS) is 11.5. The van der Waals surface area contributed by atoms with Gasteiger partial charge in [-0.15, -0.1) is 0 Å². The van der Waals surface area contributed by atoms with E-state index >= 15 is 0 Å². The summed E-state index contributed by atoms with van der Waals surface area (Å²) in [7, 11) is 3.44. The molecule has 132 valence electrons. The summed E-state index contributed by atoms with van der Waals surface area (Å²) in [5.41, 5.74) is 2.69. The van der Waals surface area contributed by atoms with Crippen molar-refractivity contribution >= 4 is 17.5 Å². The number of nitrogens with zero attached hydrogens (tertiary/aromatic N) is 1. The molecule has 2 aromatic rings. The van der Waals surface area contributed by atoms with Crippen molar-refractivity contribution in [2.24, 2.45) is 0 Å². The van der Waals surface area contributed by atoms with Gasteiger partial charge in [0, 0.05) is 19.7 Å². The second kappa shape index (κ2) is 8.33. The van der Waals surface area contributed by atoms with Gasteiger partial charge in [0.2, 0.25) is 11.8 Å². The third-order valence-corrected chi connectivity index (χ3v) is 4.20. The molecule has 2 amide bonds. The zero-order valence-electron chi connectivity index (χ0n) is 15.1. The highest BCUT2D eigenvalue weighted by molar-refractivity contribution is 5.88. The summed E-state index contributed by atoms with van der Waals surface area (Å²) < 4.78 is 5.16. The summed E-state index contributed by atoms with van der Waals surface area (Å²) in [6.07, 6.45) is 0.317. The van der Waals surface area contributed by atoms with Gasteiger partial charge in [0.15, 0.2) is 0 Å². The summed E-state index contributed by atoms with van der Waals surface area (Å²) >= 11 is 0. The molecule has 0 aromatic heterocycles. The Morgan fingerprint density at radius 3 is 2.20 bits per heavy atom. The quantitative estimate of drug-likeness (QED) is 0.876. The van der Waals surface area contributed by atoms with E-state index in [2.05, 4.69) is 5.32 Å². The molecule has 0 radical (unpaired) electrons. The molecule has 0 aliphatic heterocycles. The zero-order valence-corrected chi connectivity index (χ0v) is 15.1. The van der Waals surface area contributed by atoms with Crippen molar-refractivity contribution in [3.63, 3.8) is 0 Å². The highest BCUT2D eigenvalue weighted by Gasteiger charge is 2.17. The van der Waals surface area contributed by atoms with Gasteiger partial charge < -0.3 is 15.0 Å². The summed E-state index contributed by atoms with van der Waals surface area (Å²) in [4.78, 5) is 25.3. The van der Waals surface area contributed by atoms with Gasteiger partial charge in [0.05, 0.1) is 19.6 Å². The van der Waals surface area contributed by atoms with E-state index in [0.717, 1.165) is 22.6 Å².